The third-order valence-corrected chi connectivity index (χ3v) is 3.76. The fraction of sp³-hybridized carbons (Fsp3) is 0.400. The Morgan fingerprint density at radius 1 is 1.26 bits per heavy atom. The van der Waals surface area contributed by atoms with Gasteiger partial charge in [-0.2, -0.15) is 0 Å². The summed E-state index contributed by atoms with van der Waals surface area (Å²) in [4.78, 5) is 23.2. The Balaban J connectivity index is 2.30. The second-order valence-electron chi connectivity index (χ2n) is 5.35. The van der Waals surface area contributed by atoms with E-state index in [0.29, 0.717) is 12.2 Å². The van der Waals surface area contributed by atoms with Crippen molar-refractivity contribution in [1.82, 2.24) is 16.2 Å². The van der Waals surface area contributed by atoms with Gasteiger partial charge in [-0.05, 0) is 48.8 Å². The average Bonchev–Trinajstić information content (AvgIpc) is 2.45. The van der Waals surface area contributed by atoms with E-state index in [2.05, 4.69) is 32.1 Å². The molecular formula is C15H20BrN3O3S. The molecule has 0 aliphatic rings. The van der Waals surface area contributed by atoms with Gasteiger partial charge >= 0.3 is 0 Å². The van der Waals surface area contributed by atoms with Crippen molar-refractivity contribution in [3.63, 3.8) is 0 Å². The molecule has 1 aromatic rings. The number of benzene rings is 1. The van der Waals surface area contributed by atoms with Gasteiger partial charge in [0, 0.05) is 10.9 Å². The first-order valence-electron chi connectivity index (χ1n) is 7.05. The lowest BCUT2D eigenvalue weighted by Crippen LogP contribution is -2.49. The van der Waals surface area contributed by atoms with Crippen molar-refractivity contribution in [2.24, 2.45) is 5.92 Å². The van der Waals surface area contributed by atoms with Gasteiger partial charge in [0.05, 0.1) is 0 Å². The molecule has 3 N–H and O–H groups in total. The summed E-state index contributed by atoms with van der Waals surface area (Å²) in [7, 11) is 0. The summed E-state index contributed by atoms with van der Waals surface area (Å²) in [5.74, 6) is 0.211. The monoisotopic (exact) mass is 401 g/mol. The maximum atomic E-state index is 11.7. The minimum absolute atomic E-state index is 0.0449. The minimum Gasteiger partial charge on any atom is -0.484 e. The fourth-order valence-electron chi connectivity index (χ4n) is 1.60. The number of halogens is 1. The van der Waals surface area contributed by atoms with Gasteiger partial charge < -0.3 is 10.1 Å². The van der Waals surface area contributed by atoms with Crippen molar-refractivity contribution in [2.45, 2.75) is 27.2 Å². The zero-order chi connectivity index (χ0) is 17.4. The predicted octanol–water partition coefficient (Wildman–Crippen LogP) is 2.20. The number of amides is 2. The molecule has 0 aliphatic carbocycles. The number of aryl methyl sites for hydroxylation is 1. The van der Waals surface area contributed by atoms with Gasteiger partial charge in [0.15, 0.2) is 11.7 Å². The van der Waals surface area contributed by atoms with Crippen LogP contribution in [0.4, 0.5) is 0 Å². The Bertz CT molecular complexity index is 593. The number of carbonyl (C=O) groups is 2. The van der Waals surface area contributed by atoms with Gasteiger partial charge in [-0.1, -0.05) is 29.8 Å². The number of ether oxygens (including phenoxy) is 1. The highest BCUT2D eigenvalue weighted by Crippen LogP contribution is 2.21. The molecule has 0 unspecified atom stereocenters. The molecule has 0 aliphatic heterocycles. The quantitative estimate of drug-likeness (QED) is 0.520. The highest BCUT2D eigenvalue weighted by atomic mass is 79.9. The molecular weight excluding hydrogens is 382 g/mol. The number of hydrogen-bond acceptors (Lipinski definition) is 4. The van der Waals surface area contributed by atoms with Gasteiger partial charge in [-0.3, -0.25) is 20.4 Å². The molecule has 0 atom stereocenters. The highest BCUT2D eigenvalue weighted by Gasteiger charge is 2.08. The maximum Gasteiger partial charge on any atom is 0.276 e. The van der Waals surface area contributed by atoms with Crippen molar-refractivity contribution in [3.8, 4) is 5.75 Å². The summed E-state index contributed by atoms with van der Waals surface area (Å²) >= 11 is 8.30. The van der Waals surface area contributed by atoms with Crippen molar-refractivity contribution in [3.05, 3.63) is 28.2 Å². The van der Waals surface area contributed by atoms with E-state index in [1.54, 1.807) is 6.07 Å². The molecule has 8 heteroatoms. The molecule has 0 heterocycles. The molecule has 0 fully saturated rings. The van der Waals surface area contributed by atoms with E-state index in [9.17, 15) is 9.59 Å². The van der Waals surface area contributed by atoms with Crippen LogP contribution in [-0.2, 0) is 9.59 Å². The van der Waals surface area contributed by atoms with E-state index in [1.165, 1.54) is 0 Å². The van der Waals surface area contributed by atoms with E-state index >= 15 is 0 Å². The van der Waals surface area contributed by atoms with Gasteiger partial charge in [-0.15, -0.1) is 0 Å². The first-order valence-corrected chi connectivity index (χ1v) is 8.25. The van der Waals surface area contributed by atoms with E-state index in [1.807, 2.05) is 32.9 Å². The van der Waals surface area contributed by atoms with Crippen LogP contribution >= 0.6 is 28.1 Å². The maximum absolute atomic E-state index is 11.7. The van der Waals surface area contributed by atoms with Crippen LogP contribution in [-0.4, -0.2) is 23.5 Å². The minimum atomic E-state index is -0.411. The van der Waals surface area contributed by atoms with Gasteiger partial charge in [0.1, 0.15) is 5.75 Å². The molecule has 0 spiro atoms. The Hall–Kier alpha value is -1.67. The predicted molar refractivity (Wildman–Crippen MR) is 95.8 cm³/mol. The SMILES string of the molecule is Cc1cc(OCC(=O)NNC(=S)NC(=O)CC(C)C)ccc1Br. The number of hydrogen-bond donors (Lipinski definition) is 3. The van der Waals surface area contributed by atoms with Crippen LogP contribution in [0.1, 0.15) is 25.8 Å². The zero-order valence-electron chi connectivity index (χ0n) is 13.2. The molecule has 1 rings (SSSR count). The van der Waals surface area contributed by atoms with E-state index in [0.717, 1.165) is 10.0 Å². The van der Waals surface area contributed by atoms with Crippen molar-refractivity contribution < 1.29 is 14.3 Å². The van der Waals surface area contributed by atoms with Crippen LogP contribution in [0.5, 0.6) is 5.75 Å². The van der Waals surface area contributed by atoms with Crippen LogP contribution in [0.2, 0.25) is 0 Å². The van der Waals surface area contributed by atoms with Crippen LogP contribution in [0.25, 0.3) is 0 Å². The van der Waals surface area contributed by atoms with Crippen LogP contribution in [0.15, 0.2) is 22.7 Å². The second-order valence-corrected chi connectivity index (χ2v) is 6.61. The Morgan fingerprint density at radius 3 is 2.57 bits per heavy atom. The molecule has 23 heavy (non-hydrogen) atoms. The number of thiocarbonyl (C=S) groups is 1. The Morgan fingerprint density at radius 2 is 1.96 bits per heavy atom. The summed E-state index contributed by atoms with van der Waals surface area (Å²) < 4.78 is 6.34. The molecule has 0 radical (unpaired) electrons. The largest absolute Gasteiger partial charge is 0.484 e. The van der Waals surface area contributed by atoms with Gasteiger partial charge in [0.25, 0.3) is 5.91 Å². The number of carbonyl (C=O) groups excluding carboxylic acids is 2. The lowest BCUT2D eigenvalue weighted by atomic mass is 10.1. The van der Waals surface area contributed by atoms with E-state index < -0.39 is 5.91 Å². The molecule has 6 nitrogen and oxygen atoms in total. The van der Waals surface area contributed by atoms with E-state index in [-0.39, 0.29) is 23.5 Å². The van der Waals surface area contributed by atoms with Crippen LogP contribution in [0.3, 0.4) is 0 Å². The van der Waals surface area contributed by atoms with Crippen molar-refractivity contribution in [2.75, 3.05) is 6.61 Å². The second kappa shape index (κ2) is 9.46. The third-order valence-electron chi connectivity index (χ3n) is 2.66. The first-order chi connectivity index (χ1) is 10.8. The smallest absolute Gasteiger partial charge is 0.276 e. The molecule has 0 aromatic heterocycles. The normalized spacial score (nSPS) is 10.1. The first kappa shape index (κ1) is 19.4. The number of rotatable bonds is 5. The van der Waals surface area contributed by atoms with Crippen LogP contribution in [0, 0.1) is 12.8 Å². The summed E-state index contributed by atoms with van der Waals surface area (Å²) in [5.41, 5.74) is 5.82. The topological polar surface area (TPSA) is 79.5 Å². The van der Waals surface area contributed by atoms with Crippen molar-refractivity contribution >= 4 is 45.1 Å². The average molecular weight is 402 g/mol. The summed E-state index contributed by atoms with van der Waals surface area (Å²) in [6, 6.07) is 5.43. The van der Waals surface area contributed by atoms with E-state index in [4.69, 9.17) is 17.0 Å². The molecule has 0 bridgehead atoms. The number of hydrazine groups is 1. The van der Waals surface area contributed by atoms with Crippen LogP contribution < -0.4 is 20.9 Å². The van der Waals surface area contributed by atoms with Gasteiger partial charge in [0.2, 0.25) is 5.91 Å². The molecule has 2 amide bonds. The molecule has 1 aromatic carbocycles. The highest BCUT2D eigenvalue weighted by molar-refractivity contribution is 9.10. The standard InChI is InChI=1S/C15H20BrN3O3S/c1-9(2)6-13(20)17-15(23)19-18-14(21)8-22-11-4-5-12(16)10(3)7-11/h4-5,7,9H,6,8H2,1-3H3,(H,18,21)(H2,17,19,20,23). The zero-order valence-corrected chi connectivity index (χ0v) is 15.6. The molecule has 126 valence electrons. The number of nitrogens with one attached hydrogen (secondary N) is 3. The molecule has 0 saturated heterocycles. The summed E-state index contributed by atoms with van der Waals surface area (Å²) in [6.45, 7) is 5.62. The van der Waals surface area contributed by atoms with Gasteiger partial charge in [-0.25, -0.2) is 0 Å². The Kier molecular flexibility index (Phi) is 7.97. The molecule has 0 saturated carbocycles. The lowest BCUT2D eigenvalue weighted by molar-refractivity contribution is -0.124. The third kappa shape index (κ3) is 7.94. The van der Waals surface area contributed by atoms with Crippen molar-refractivity contribution in [1.29, 1.82) is 0 Å². The Labute approximate surface area is 149 Å². The summed E-state index contributed by atoms with van der Waals surface area (Å²) in [5, 5.41) is 2.52. The fourth-order valence-corrected chi connectivity index (χ4v) is 2.01. The lowest BCUT2D eigenvalue weighted by Gasteiger charge is -2.12. The summed E-state index contributed by atoms with van der Waals surface area (Å²) in [6.07, 6.45) is 0.363.